The molecular weight excluding hydrogens is 332 g/mol. The van der Waals surface area contributed by atoms with Crippen molar-refractivity contribution in [3.8, 4) is 0 Å². The van der Waals surface area contributed by atoms with Crippen LogP contribution in [0.1, 0.15) is 27.7 Å². The molecule has 0 saturated heterocycles. The fourth-order valence-electron chi connectivity index (χ4n) is 0.707. The van der Waals surface area contributed by atoms with Gasteiger partial charge < -0.3 is 27.9 Å². The Morgan fingerprint density at radius 2 is 0.800 bits per heavy atom. The molecule has 0 saturated carbocycles. The molecule has 0 aliphatic carbocycles. The molecule has 0 bridgehead atoms. The van der Waals surface area contributed by atoms with Crippen molar-refractivity contribution < 1.29 is 96.1 Å². The van der Waals surface area contributed by atoms with Crippen LogP contribution in [0.2, 0.25) is 0 Å². The second-order valence-electron chi connectivity index (χ2n) is 2.57. The van der Waals surface area contributed by atoms with E-state index in [-0.39, 0.29) is 85.5 Å². The zero-order chi connectivity index (χ0) is 14.7. The minimum absolute atomic E-state index is 0. The summed E-state index contributed by atoms with van der Waals surface area (Å²) < 4.78 is 37.8. The Morgan fingerprint density at radius 3 is 0.900 bits per heavy atom. The van der Waals surface area contributed by atoms with Crippen LogP contribution in [-0.2, 0) is 27.2 Å². The topological polar surface area (TPSA) is 117 Å². The molecule has 0 spiro atoms. The predicted molar refractivity (Wildman–Crippen MR) is 61.7 cm³/mol. The largest absolute Gasteiger partial charge is 1.00 e. The van der Waals surface area contributed by atoms with E-state index in [1.54, 1.807) is 27.7 Å². The van der Waals surface area contributed by atoms with Gasteiger partial charge in [-0.25, -0.2) is 0 Å². The molecule has 0 atom stereocenters. The fraction of sp³-hybridized carbons (Fsp3) is 1.00. The quantitative estimate of drug-likeness (QED) is 0.315. The molecule has 0 aromatic carbocycles. The van der Waals surface area contributed by atoms with E-state index in [9.17, 15) is 18.9 Å². The summed E-state index contributed by atoms with van der Waals surface area (Å²) in [5.74, 6) is 0. The first-order valence-corrected chi connectivity index (χ1v) is 8.36. The molecule has 0 amide bonds. The van der Waals surface area contributed by atoms with Gasteiger partial charge in [-0.15, -0.1) is 0 Å². The second-order valence-corrected chi connectivity index (χ2v) is 5.39. The average molecular weight is 352 g/mol. The summed E-state index contributed by atoms with van der Waals surface area (Å²) in [5.41, 5.74) is 0. The summed E-state index contributed by atoms with van der Waals surface area (Å²) in [6, 6.07) is 0. The van der Waals surface area contributed by atoms with Crippen molar-refractivity contribution in [3.05, 3.63) is 0 Å². The van der Waals surface area contributed by atoms with E-state index in [1.165, 1.54) is 0 Å². The summed E-state index contributed by atoms with van der Waals surface area (Å²) in [7, 11) is -7.89. The Kier molecular flexibility index (Phi) is 26.5. The summed E-state index contributed by atoms with van der Waals surface area (Å²) >= 11 is 0. The zero-order valence-electron chi connectivity index (χ0n) is 13.0. The molecular formula is C8H20Na2O8P2. The maximum Gasteiger partial charge on any atom is 1.00 e. The summed E-state index contributed by atoms with van der Waals surface area (Å²) in [4.78, 5) is 20.8. The molecule has 0 aliphatic rings. The van der Waals surface area contributed by atoms with Crippen LogP contribution in [0.25, 0.3) is 0 Å². The van der Waals surface area contributed by atoms with E-state index in [0.29, 0.717) is 0 Å². The van der Waals surface area contributed by atoms with Crippen LogP contribution in [0, 0.1) is 0 Å². The van der Waals surface area contributed by atoms with Gasteiger partial charge in [0, 0.05) is 0 Å². The van der Waals surface area contributed by atoms with Gasteiger partial charge in [0.05, 0.1) is 26.4 Å². The number of hydrogen-bond donors (Lipinski definition) is 0. The SMILES string of the molecule is CCOP(=O)([O-])OCC.CCOP(=O)([O-])OCC.[Na+].[Na+]. The standard InChI is InChI=1S/2C4H11O4P.2Na/c2*1-3-7-9(5,6)8-4-2;;/h2*3-4H2,1-2H3,(H,5,6);;/q;;2*+1/p-2. The number of hydrogen-bond acceptors (Lipinski definition) is 8. The third-order valence-electron chi connectivity index (χ3n) is 1.15. The number of rotatable bonds is 8. The molecule has 112 valence electrons. The maximum atomic E-state index is 10.4. The third-order valence-corrected chi connectivity index (χ3v) is 3.45. The van der Waals surface area contributed by atoms with Crippen LogP contribution >= 0.6 is 15.6 Å². The Bertz CT molecular complexity index is 244. The Hall–Kier alpha value is 2.22. The van der Waals surface area contributed by atoms with Gasteiger partial charge in [0.2, 0.25) is 0 Å². The Labute approximate surface area is 164 Å². The summed E-state index contributed by atoms with van der Waals surface area (Å²) in [6.45, 7) is 6.85. The average Bonchev–Trinajstić information content (AvgIpc) is 2.17. The van der Waals surface area contributed by atoms with Crippen LogP contribution < -0.4 is 68.9 Å². The van der Waals surface area contributed by atoms with Crippen molar-refractivity contribution >= 4 is 15.6 Å². The minimum Gasteiger partial charge on any atom is -0.756 e. The monoisotopic (exact) mass is 352 g/mol. The Balaban J connectivity index is -0.000000116. The summed E-state index contributed by atoms with van der Waals surface area (Å²) in [5, 5.41) is 0. The smallest absolute Gasteiger partial charge is 0.756 e. The second kappa shape index (κ2) is 17.6. The van der Waals surface area contributed by atoms with E-state index < -0.39 is 15.6 Å². The normalized spacial score (nSPS) is 10.7. The van der Waals surface area contributed by atoms with Gasteiger partial charge in [0.15, 0.2) is 0 Å². The van der Waals surface area contributed by atoms with E-state index in [4.69, 9.17) is 0 Å². The van der Waals surface area contributed by atoms with Gasteiger partial charge in [-0.1, -0.05) is 0 Å². The molecule has 0 aromatic heterocycles. The molecule has 0 aromatic rings. The first kappa shape index (κ1) is 30.1. The predicted octanol–water partition coefficient (Wildman–Crippen LogP) is -4.94. The molecule has 12 heteroatoms. The van der Waals surface area contributed by atoms with E-state index in [0.717, 1.165) is 0 Å². The van der Waals surface area contributed by atoms with Crippen molar-refractivity contribution in [2.75, 3.05) is 26.4 Å². The first-order chi connectivity index (χ1) is 8.24. The van der Waals surface area contributed by atoms with Crippen molar-refractivity contribution in [1.29, 1.82) is 0 Å². The van der Waals surface area contributed by atoms with E-state index in [2.05, 4.69) is 18.1 Å². The van der Waals surface area contributed by atoms with Crippen LogP contribution in [0.5, 0.6) is 0 Å². The molecule has 0 fully saturated rings. The van der Waals surface area contributed by atoms with Gasteiger partial charge in [0.25, 0.3) is 15.6 Å². The third kappa shape index (κ3) is 22.5. The van der Waals surface area contributed by atoms with Gasteiger partial charge in [-0.2, -0.15) is 0 Å². The maximum absolute atomic E-state index is 10.4. The van der Waals surface area contributed by atoms with Crippen molar-refractivity contribution in [3.63, 3.8) is 0 Å². The van der Waals surface area contributed by atoms with Crippen LogP contribution in [-0.4, -0.2) is 26.4 Å². The van der Waals surface area contributed by atoms with Gasteiger partial charge in [0.1, 0.15) is 0 Å². The van der Waals surface area contributed by atoms with E-state index in [1.807, 2.05) is 0 Å². The van der Waals surface area contributed by atoms with Crippen molar-refractivity contribution in [2.45, 2.75) is 27.7 Å². The van der Waals surface area contributed by atoms with E-state index >= 15 is 0 Å². The van der Waals surface area contributed by atoms with Gasteiger partial charge in [-0.05, 0) is 27.7 Å². The van der Waals surface area contributed by atoms with Crippen molar-refractivity contribution in [2.24, 2.45) is 0 Å². The van der Waals surface area contributed by atoms with Crippen LogP contribution in [0.3, 0.4) is 0 Å². The van der Waals surface area contributed by atoms with Crippen molar-refractivity contribution in [1.82, 2.24) is 0 Å². The Morgan fingerprint density at radius 1 is 0.650 bits per heavy atom. The molecule has 0 unspecified atom stereocenters. The number of phosphoric acid groups is 2. The molecule has 0 aliphatic heterocycles. The first-order valence-electron chi connectivity index (χ1n) is 5.44. The molecule has 0 N–H and O–H groups in total. The van der Waals surface area contributed by atoms with Crippen LogP contribution in [0.4, 0.5) is 0 Å². The number of phosphoric ester groups is 2. The molecule has 0 radical (unpaired) electrons. The molecule has 0 heterocycles. The molecule has 0 rings (SSSR count). The van der Waals surface area contributed by atoms with Gasteiger partial charge >= 0.3 is 59.1 Å². The minimum atomic E-state index is -3.94. The summed E-state index contributed by atoms with van der Waals surface area (Å²) in [6.07, 6.45) is 0. The zero-order valence-corrected chi connectivity index (χ0v) is 18.8. The molecule has 8 nitrogen and oxygen atoms in total. The van der Waals surface area contributed by atoms with Crippen LogP contribution in [0.15, 0.2) is 0 Å². The van der Waals surface area contributed by atoms with Gasteiger partial charge in [-0.3, -0.25) is 9.13 Å². The fourth-order valence-corrected chi connectivity index (χ4v) is 2.12. The molecule has 20 heavy (non-hydrogen) atoms.